The molecule has 2 rings (SSSR count). The summed E-state index contributed by atoms with van der Waals surface area (Å²) in [6.45, 7) is 1.39. The number of hydrogen-bond donors (Lipinski definition) is 1. The first kappa shape index (κ1) is 11.7. The lowest BCUT2D eigenvalue weighted by Gasteiger charge is -2.03. The van der Waals surface area contributed by atoms with E-state index in [1.165, 1.54) is 23.7 Å². The van der Waals surface area contributed by atoms with Gasteiger partial charge in [-0.2, -0.15) is 4.37 Å². The second-order valence-electron chi connectivity index (χ2n) is 3.33. The van der Waals surface area contributed by atoms with Gasteiger partial charge >= 0.3 is 0 Å². The van der Waals surface area contributed by atoms with Crippen LogP contribution in [0.25, 0.3) is 0 Å². The molecule has 0 fully saturated rings. The summed E-state index contributed by atoms with van der Waals surface area (Å²) >= 11 is 4.87. The van der Waals surface area contributed by atoms with Gasteiger partial charge in [0.15, 0.2) is 0 Å². The van der Waals surface area contributed by atoms with Gasteiger partial charge in [0.1, 0.15) is 5.82 Å². The molecule has 1 heterocycles. The largest absolute Gasteiger partial charge is 0.308 e. The summed E-state index contributed by atoms with van der Waals surface area (Å²) in [6, 6.07) is 6.60. The second kappa shape index (κ2) is 5.52. The van der Waals surface area contributed by atoms with Crippen molar-refractivity contribution in [3.05, 3.63) is 51.2 Å². The summed E-state index contributed by atoms with van der Waals surface area (Å²) in [5.74, 6) is -0.196. The Morgan fingerprint density at radius 2 is 2.25 bits per heavy atom. The summed E-state index contributed by atoms with van der Waals surface area (Å²) in [7, 11) is 0. The molecule has 0 spiro atoms. The SMILES string of the molecule is Fc1cccc(CNCc2sncc2Br)c1. The third kappa shape index (κ3) is 3.10. The highest BCUT2D eigenvalue weighted by molar-refractivity contribution is 9.10. The molecule has 1 N–H and O–H groups in total. The summed E-state index contributed by atoms with van der Waals surface area (Å²) in [6.07, 6.45) is 1.78. The van der Waals surface area contributed by atoms with Gasteiger partial charge in [-0.3, -0.25) is 0 Å². The van der Waals surface area contributed by atoms with Gasteiger partial charge < -0.3 is 5.32 Å². The van der Waals surface area contributed by atoms with Gasteiger partial charge in [0.05, 0.1) is 15.5 Å². The fraction of sp³-hybridized carbons (Fsp3) is 0.182. The monoisotopic (exact) mass is 300 g/mol. The summed E-state index contributed by atoms with van der Waals surface area (Å²) in [5.41, 5.74) is 0.945. The highest BCUT2D eigenvalue weighted by Gasteiger charge is 2.02. The summed E-state index contributed by atoms with van der Waals surface area (Å²) in [4.78, 5) is 1.15. The molecule has 1 aromatic heterocycles. The first-order valence-electron chi connectivity index (χ1n) is 4.80. The molecule has 0 radical (unpaired) electrons. The van der Waals surface area contributed by atoms with E-state index < -0.39 is 0 Å². The standard InChI is InChI=1S/C11H10BrFN2S/c12-10-6-15-16-11(10)7-14-5-8-2-1-3-9(13)4-8/h1-4,6,14H,5,7H2. The van der Waals surface area contributed by atoms with E-state index in [4.69, 9.17) is 0 Å². The maximum Gasteiger partial charge on any atom is 0.123 e. The maximum absolute atomic E-state index is 12.9. The highest BCUT2D eigenvalue weighted by atomic mass is 79.9. The number of halogens is 2. The Kier molecular flexibility index (Phi) is 4.04. The molecule has 0 atom stereocenters. The van der Waals surface area contributed by atoms with Crippen LogP contribution in [0.2, 0.25) is 0 Å². The average Bonchev–Trinajstić information content (AvgIpc) is 2.65. The first-order valence-corrected chi connectivity index (χ1v) is 6.36. The normalized spacial score (nSPS) is 10.6. The molecular weight excluding hydrogens is 291 g/mol. The molecule has 0 bridgehead atoms. The Balaban J connectivity index is 1.87. The molecule has 0 saturated heterocycles. The van der Waals surface area contributed by atoms with E-state index in [0.29, 0.717) is 6.54 Å². The molecule has 2 aromatic rings. The molecular formula is C11H10BrFN2S. The van der Waals surface area contributed by atoms with Gasteiger partial charge in [-0.15, -0.1) is 0 Å². The van der Waals surface area contributed by atoms with Crippen molar-refractivity contribution in [3.63, 3.8) is 0 Å². The van der Waals surface area contributed by atoms with Crippen LogP contribution >= 0.6 is 27.5 Å². The molecule has 2 nitrogen and oxygen atoms in total. The van der Waals surface area contributed by atoms with Crippen molar-refractivity contribution in [2.24, 2.45) is 0 Å². The molecule has 5 heteroatoms. The van der Waals surface area contributed by atoms with Crippen molar-refractivity contribution < 1.29 is 4.39 Å². The average molecular weight is 301 g/mol. The van der Waals surface area contributed by atoms with Crippen molar-refractivity contribution in [1.82, 2.24) is 9.69 Å². The van der Waals surface area contributed by atoms with Gasteiger partial charge in [0.25, 0.3) is 0 Å². The quantitative estimate of drug-likeness (QED) is 0.937. The minimum absolute atomic E-state index is 0.196. The smallest absolute Gasteiger partial charge is 0.123 e. The number of nitrogens with one attached hydrogen (secondary N) is 1. The van der Waals surface area contributed by atoms with Crippen LogP contribution in [-0.2, 0) is 13.1 Å². The van der Waals surface area contributed by atoms with Crippen LogP contribution in [0.4, 0.5) is 4.39 Å². The van der Waals surface area contributed by atoms with Crippen LogP contribution < -0.4 is 5.32 Å². The minimum Gasteiger partial charge on any atom is -0.308 e. The highest BCUT2D eigenvalue weighted by Crippen LogP contribution is 2.19. The lowest BCUT2D eigenvalue weighted by molar-refractivity contribution is 0.620. The third-order valence-electron chi connectivity index (χ3n) is 2.10. The zero-order valence-electron chi connectivity index (χ0n) is 8.41. The van der Waals surface area contributed by atoms with Crippen molar-refractivity contribution in [2.75, 3.05) is 0 Å². The Morgan fingerprint density at radius 1 is 1.38 bits per heavy atom. The summed E-state index contributed by atoms with van der Waals surface area (Å²) < 4.78 is 18.0. The molecule has 84 valence electrons. The van der Waals surface area contributed by atoms with Crippen LogP contribution in [0.5, 0.6) is 0 Å². The van der Waals surface area contributed by atoms with Crippen molar-refractivity contribution in [2.45, 2.75) is 13.1 Å². The predicted molar refractivity (Wildman–Crippen MR) is 66.8 cm³/mol. The second-order valence-corrected chi connectivity index (χ2v) is 5.07. The first-order chi connectivity index (χ1) is 7.75. The van der Waals surface area contributed by atoms with Gasteiger partial charge in [0.2, 0.25) is 0 Å². The lowest BCUT2D eigenvalue weighted by atomic mass is 10.2. The predicted octanol–water partition coefficient (Wildman–Crippen LogP) is 3.33. The van der Waals surface area contributed by atoms with E-state index in [1.807, 2.05) is 6.07 Å². The number of rotatable bonds is 4. The lowest BCUT2D eigenvalue weighted by Crippen LogP contribution is -2.12. The number of hydrogen-bond acceptors (Lipinski definition) is 3. The zero-order chi connectivity index (χ0) is 11.4. The fourth-order valence-corrected chi connectivity index (χ4v) is 2.52. The Labute approximate surface area is 106 Å². The van der Waals surface area contributed by atoms with Crippen molar-refractivity contribution in [1.29, 1.82) is 0 Å². The molecule has 0 aliphatic carbocycles. The molecule has 0 unspecified atom stereocenters. The fourth-order valence-electron chi connectivity index (χ4n) is 1.34. The number of nitrogens with zero attached hydrogens (tertiary/aromatic N) is 1. The molecule has 1 aromatic carbocycles. The Bertz CT molecular complexity index is 473. The summed E-state index contributed by atoms with van der Waals surface area (Å²) in [5, 5.41) is 3.25. The van der Waals surface area contributed by atoms with Gasteiger partial charge in [-0.25, -0.2) is 4.39 Å². The molecule has 0 amide bonds. The van der Waals surface area contributed by atoms with E-state index in [1.54, 1.807) is 12.3 Å². The molecule has 16 heavy (non-hydrogen) atoms. The van der Waals surface area contributed by atoms with Crippen LogP contribution in [0.15, 0.2) is 34.9 Å². The van der Waals surface area contributed by atoms with Crippen molar-refractivity contribution >= 4 is 27.5 Å². The number of aromatic nitrogens is 1. The van der Waals surface area contributed by atoms with E-state index in [2.05, 4.69) is 25.6 Å². The molecule has 0 saturated carbocycles. The van der Waals surface area contributed by atoms with E-state index in [9.17, 15) is 4.39 Å². The number of benzene rings is 1. The van der Waals surface area contributed by atoms with Gasteiger partial charge in [-0.1, -0.05) is 12.1 Å². The van der Waals surface area contributed by atoms with Crippen molar-refractivity contribution in [3.8, 4) is 0 Å². The van der Waals surface area contributed by atoms with Crippen LogP contribution in [0, 0.1) is 5.82 Å². The maximum atomic E-state index is 12.9. The Morgan fingerprint density at radius 3 is 2.94 bits per heavy atom. The minimum atomic E-state index is -0.196. The van der Waals surface area contributed by atoms with Crippen LogP contribution in [0.3, 0.4) is 0 Å². The van der Waals surface area contributed by atoms with Gasteiger partial charge in [-0.05, 0) is 45.2 Å². The van der Waals surface area contributed by atoms with Gasteiger partial charge in [0, 0.05) is 13.1 Å². The molecule has 0 aliphatic heterocycles. The van der Waals surface area contributed by atoms with Crippen LogP contribution in [0.1, 0.15) is 10.4 Å². The van der Waals surface area contributed by atoms with Crippen LogP contribution in [-0.4, -0.2) is 4.37 Å². The van der Waals surface area contributed by atoms with E-state index in [-0.39, 0.29) is 5.82 Å². The molecule has 0 aliphatic rings. The zero-order valence-corrected chi connectivity index (χ0v) is 10.8. The van der Waals surface area contributed by atoms with E-state index in [0.717, 1.165) is 21.5 Å². The van der Waals surface area contributed by atoms with E-state index >= 15 is 0 Å². The topological polar surface area (TPSA) is 24.9 Å². The third-order valence-corrected chi connectivity index (χ3v) is 3.84. The Hall–Kier alpha value is -0.780.